The molecule has 9 heteroatoms. The number of hydrogen-bond donors (Lipinski definition) is 1. The van der Waals surface area contributed by atoms with Crippen molar-refractivity contribution < 1.29 is 4.79 Å². The van der Waals surface area contributed by atoms with Gasteiger partial charge in [0.05, 0.1) is 22.7 Å². The van der Waals surface area contributed by atoms with E-state index < -0.39 is 0 Å². The second kappa shape index (κ2) is 9.23. The van der Waals surface area contributed by atoms with Crippen molar-refractivity contribution in [3.05, 3.63) is 69.7 Å². The van der Waals surface area contributed by atoms with Crippen molar-refractivity contribution in [2.24, 2.45) is 5.10 Å². The minimum atomic E-state index is -0.236. The standard InChI is InChI=1S/C19H17Cl2N5OS/c1-12-8-14(13(2)26(12)17-9-15(20)4-5-16(17)21)10-24-25-18(27)11-28-19-22-6-3-7-23-19/h3-10H,11H2,1-2H3,(H,25,27)/b24-10-. The van der Waals surface area contributed by atoms with Gasteiger partial charge in [-0.3, -0.25) is 4.79 Å². The Bertz CT molecular complexity index is 1020. The lowest BCUT2D eigenvalue weighted by Crippen LogP contribution is -2.19. The molecule has 1 N–H and O–H groups in total. The molecule has 0 aliphatic heterocycles. The zero-order valence-electron chi connectivity index (χ0n) is 15.2. The van der Waals surface area contributed by atoms with Gasteiger partial charge in [0.15, 0.2) is 5.16 Å². The second-order valence-electron chi connectivity index (χ2n) is 5.87. The molecule has 0 bridgehead atoms. The Morgan fingerprint density at radius 2 is 2.00 bits per heavy atom. The molecule has 0 fully saturated rings. The van der Waals surface area contributed by atoms with Gasteiger partial charge in [-0.15, -0.1) is 0 Å². The van der Waals surface area contributed by atoms with Crippen LogP contribution >= 0.6 is 35.0 Å². The summed E-state index contributed by atoms with van der Waals surface area (Å²) in [6.45, 7) is 3.92. The van der Waals surface area contributed by atoms with Crippen molar-refractivity contribution in [3.8, 4) is 5.69 Å². The van der Waals surface area contributed by atoms with Crippen LogP contribution in [0.4, 0.5) is 0 Å². The molecule has 6 nitrogen and oxygen atoms in total. The summed E-state index contributed by atoms with van der Waals surface area (Å²) < 4.78 is 2.00. The normalized spacial score (nSPS) is 11.1. The second-order valence-corrected chi connectivity index (χ2v) is 7.66. The van der Waals surface area contributed by atoms with Crippen molar-refractivity contribution in [3.63, 3.8) is 0 Å². The van der Waals surface area contributed by atoms with Gasteiger partial charge in [0.2, 0.25) is 0 Å². The molecule has 0 saturated carbocycles. The van der Waals surface area contributed by atoms with E-state index in [1.807, 2.05) is 30.5 Å². The summed E-state index contributed by atoms with van der Waals surface area (Å²) in [6, 6.07) is 9.02. The van der Waals surface area contributed by atoms with Gasteiger partial charge in [0.25, 0.3) is 5.91 Å². The zero-order chi connectivity index (χ0) is 20.1. The van der Waals surface area contributed by atoms with Gasteiger partial charge in [0, 0.05) is 34.4 Å². The number of benzene rings is 1. The van der Waals surface area contributed by atoms with Gasteiger partial charge in [-0.25, -0.2) is 15.4 Å². The predicted molar refractivity (Wildman–Crippen MR) is 114 cm³/mol. The van der Waals surface area contributed by atoms with Crippen molar-refractivity contribution in [1.82, 2.24) is 20.0 Å². The third-order valence-electron chi connectivity index (χ3n) is 3.89. The molecule has 1 aromatic carbocycles. The van der Waals surface area contributed by atoms with Crippen molar-refractivity contribution in [2.45, 2.75) is 19.0 Å². The number of hydrazone groups is 1. The molecule has 0 spiro atoms. The molecular weight excluding hydrogens is 417 g/mol. The largest absolute Gasteiger partial charge is 0.316 e. The van der Waals surface area contributed by atoms with Crippen LogP contribution in [0.25, 0.3) is 5.69 Å². The molecule has 0 unspecified atom stereocenters. The Hall–Kier alpha value is -2.35. The fourth-order valence-electron chi connectivity index (χ4n) is 2.64. The summed E-state index contributed by atoms with van der Waals surface area (Å²) >= 11 is 13.7. The molecule has 2 heterocycles. The maximum absolute atomic E-state index is 11.9. The first-order valence-electron chi connectivity index (χ1n) is 8.32. The van der Waals surface area contributed by atoms with Gasteiger partial charge in [-0.05, 0) is 44.2 Å². The highest BCUT2D eigenvalue weighted by Crippen LogP contribution is 2.28. The summed E-state index contributed by atoms with van der Waals surface area (Å²) in [5.74, 6) is -0.0567. The maximum atomic E-state index is 11.9. The lowest BCUT2D eigenvalue weighted by atomic mass is 10.2. The van der Waals surface area contributed by atoms with Crippen LogP contribution in [0.1, 0.15) is 17.0 Å². The van der Waals surface area contributed by atoms with E-state index in [1.54, 1.807) is 36.8 Å². The molecule has 0 radical (unpaired) electrons. The number of halogens is 2. The van der Waals surface area contributed by atoms with E-state index in [-0.39, 0.29) is 11.7 Å². The smallest absolute Gasteiger partial charge is 0.250 e. The average Bonchev–Trinajstić information content (AvgIpc) is 2.96. The van der Waals surface area contributed by atoms with E-state index in [4.69, 9.17) is 23.2 Å². The molecule has 0 aliphatic carbocycles. The number of thioether (sulfide) groups is 1. The molecule has 28 heavy (non-hydrogen) atoms. The van der Waals surface area contributed by atoms with Crippen LogP contribution in [0.2, 0.25) is 10.0 Å². The monoisotopic (exact) mass is 433 g/mol. The fraction of sp³-hybridized carbons (Fsp3) is 0.158. The lowest BCUT2D eigenvalue weighted by Gasteiger charge is -2.12. The number of hydrogen-bond acceptors (Lipinski definition) is 5. The summed E-state index contributed by atoms with van der Waals surface area (Å²) in [5.41, 5.74) is 6.10. The van der Waals surface area contributed by atoms with Crippen molar-refractivity contribution in [1.29, 1.82) is 0 Å². The highest BCUT2D eigenvalue weighted by molar-refractivity contribution is 7.99. The van der Waals surface area contributed by atoms with Crippen LogP contribution in [-0.2, 0) is 4.79 Å². The van der Waals surface area contributed by atoms with Gasteiger partial charge in [0.1, 0.15) is 0 Å². The van der Waals surface area contributed by atoms with Gasteiger partial charge in [-0.1, -0.05) is 35.0 Å². The first-order chi connectivity index (χ1) is 13.5. The highest BCUT2D eigenvalue weighted by atomic mass is 35.5. The van der Waals surface area contributed by atoms with Gasteiger partial charge in [-0.2, -0.15) is 5.10 Å². The number of aromatic nitrogens is 3. The molecule has 1 amide bonds. The van der Waals surface area contributed by atoms with E-state index >= 15 is 0 Å². The molecule has 3 aromatic rings. The van der Waals surface area contributed by atoms with E-state index in [9.17, 15) is 4.79 Å². The predicted octanol–water partition coefficient (Wildman–Crippen LogP) is 4.43. The van der Waals surface area contributed by atoms with Crippen molar-refractivity contribution in [2.75, 3.05) is 5.75 Å². The molecule has 0 atom stereocenters. The highest BCUT2D eigenvalue weighted by Gasteiger charge is 2.13. The SMILES string of the molecule is Cc1cc(/C=N\NC(=O)CSc2ncccn2)c(C)n1-c1cc(Cl)ccc1Cl. The number of amides is 1. The number of nitrogens with zero attached hydrogens (tertiary/aromatic N) is 4. The zero-order valence-corrected chi connectivity index (χ0v) is 17.5. The Kier molecular flexibility index (Phi) is 6.72. The quantitative estimate of drug-likeness (QED) is 0.270. The number of carbonyl (C=O) groups is 1. The van der Waals surface area contributed by atoms with E-state index in [1.165, 1.54) is 11.8 Å². The van der Waals surface area contributed by atoms with Crippen LogP contribution in [0.5, 0.6) is 0 Å². The Morgan fingerprint density at radius 1 is 1.25 bits per heavy atom. The fourth-order valence-corrected chi connectivity index (χ4v) is 3.61. The first-order valence-corrected chi connectivity index (χ1v) is 10.1. The Morgan fingerprint density at radius 3 is 2.75 bits per heavy atom. The number of carbonyl (C=O) groups excluding carboxylic acids is 1. The Labute approximate surface area is 177 Å². The number of nitrogens with one attached hydrogen (secondary N) is 1. The van der Waals surface area contributed by atoms with E-state index in [2.05, 4.69) is 20.5 Å². The molecule has 0 aliphatic rings. The van der Waals surface area contributed by atoms with Crippen LogP contribution in [-0.4, -0.2) is 32.4 Å². The average molecular weight is 434 g/mol. The summed E-state index contributed by atoms with van der Waals surface area (Å²) in [4.78, 5) is 20.0. The topological polar surface area (TPSA) is 72.2 Å². The van der Waals surface area contributed by atoms with Crippen LogP contribution < -0.4 is 5.43 Å². The minimum Gasteiger partial charge on any atom is -0.316 e. The van der Waals surface area contributed by atoms with Gasteiger partial charge < -0.3 is 4.57 Å². The molecular formula is C19H17Cl2N5OS. The minimum absolute atomic E-state index is 0.179. The first kappa shape index (κ1) is 20.4. The molecule has 3 rings (SSSR count). The number of rotatable bonds is 6. The van der Waals surface area contributed by atoms with E-state index in [0.717, 1.165) is 22.6 Å². The Balaban J connectivity index is 1.68. The lowest BCUT2D eigenvalue weighted by molar-refractivity contribution is -0.118. The number of aryl methyl sites for hydroxylation is 1. The molecule has 2 aromatic heterocycles. The maximum Gasteiger partial charge on any atom is 0.250 e. The van der Waals surface area contributed by atoms with Crippen molar-refractivity contribution >= 4 is 47.1 Å². The third kappa shape index (κ3) is 4.92. The van der Waals surface area contributed by atoms with Crippen LogP contribution in [0.15, 0.2) is 53.0 Å². The summed E-state index contributed by atoms with van der Waals surface area (Å²) in [5, 5.41) is 5.80. The third-order valence-corrected chi connectivity index (χ3v) is 5.32. The van der Waals surface area contributed by atoms with Gasteiger partial charge >= 0.3 is 0 Å². The molecule has 0 saturated heterocycles. The molecule has 144 valence electrons. The summed E-state index contributed by atoms with van der Waals surface area (Å²) in [6.07, 6.45) is 4.87. The van der Waals surface area contributed by atoms with Crippen LogP contribution in [0, 0.1) is 13.8 Å². The summed E-state index contributed by atoms with van der Waals surface area (Å²) in [7, 11) is 0. The van der Waals surface area contributed by atoms with E-state index in [0.29, 0.717) is 15.2 Å². The van der Waals surface area contributed by atoms with Crippen LogP contribution in [0.3, 0.4) is 0 Å².